The number of hydrogen-bond donors (Lipinski definition) is 0. The Morgan fingerprint density at radius 2 is 1.85 bits per heavy atom. The Labute approximate surface area is 121 Å². The zero-order chi connectivity index (χ0) is 13.9. The molecule has 0 saturated carbocycles. The fourth-order valence-electron chi connectivity index (χ4n) is 2.12. The number of ether oxygens (including phenoxy) is 1. The van der Waals surface area contributed by atoms with E-state index in [4.69, 9.17) is 4.74 Å². The van der Waals surface area contributed by atoms with E-state index in [9.17, 15) is 4.79 Å². The highest BCUT2D eigenvalue weighted by atomic mass is 32.1. The van der Waals surface area contributed by atoms with Crippen molar-refractivity contribution in [1.29, 1.82) is 0 Å². The lowest BCUT2D eigenvalue weighted by Gasteiger charge is -2.08. The van der Waals surface area contributed by atoms with Gasteiger partial charge in [0.1, 0.15) is 5.75 Å². The molecule has 0 radical (unpaired) electrons. The van der Waals surface area contributed by atoms with Gasteiger partial charge in [0.2, 0.25) is 5.78 Å². The summed E-state index contributed by atoms with van der Waals surface area (Å²) in [5.41, 5.74) is 0. The molecule has 20 heavy (non-hydrogen) atoms. The van der Waals surface area contributed by atoms with Crippen LogP contribution in [0.5, 0.6) is 5.75 Å². The third kappa shape index (κ3) is 2.58. The normalized spacial score (nSPS) is 10.7. The molecule has 1 aromatic heterocycles. The lowest BCUT2D eigenvalue weighted by atomic mass is 10.1. The zero-order valence-corrected chi connectivity index (χ0v) is 11.9. The summed E-state index contributed by atoms with van der Waals surface area (Å²) in [5.74, 6) is 0.778. The standard InChI is InChI=1S/C17H14O2S/c1-12-9-10-17(20-12)15(18)11-19-16-8-4-6-13-5-2-3-7-14(13)16/h2-10H,11H2,1H3. The van der Waals surface area contributed by atoms with E-state index in [0.29, 0.717) is 0 Å². The molecule has 3 aromatic rings. The first-order valence-electron chi connectivity index (χ1n) is 6.44. The summed E-state index contributed by atoms with van der Waals surface area (Å²) in [7, 11) is 0. The molecule has 0 amide bonds. The van der Waals surface area contributed by atoms with Gasteiger partial charge in [0, 0.05) is 10.3 Å². The number of aryl methyl sites for hydroxylation is 1. The second kappa shape index (κ2) is 5.47. The fraction of sp³-hybridized carbons (Fsp3) is 0.118. The van der Waals surface area contributed by atoms with Gasteiger partial charge in [-0.2, -0.15) is 0 Å². The predicted octanol–water partition coefficient (Wildman–Crippen LogP) is 4.47. The molecule has 3 heteroatoms. The summed E-state index contributed by atoms with van der Waals surface area (Å²) in [5, 5.41) is 2.15. The molecule has 0 unspecified atom stereocenters. The molecule has 2 nitrogen and oxygen atoms in total. The van der Waals surface area contributed by atoms with E-state index in [2.05, 4.69) is 0 Å². The molecule has 1 heterocycles. The molecule has 0 spiro atoms. The van der Waals surface area contributed by atoms with Crippen LogP contribution in [0.15, 0.2) is 54.6 Å². The third-order valence-corrected chi connectivity index (χ3v) is 4.17. The van der Waals surface area contributed by atoms with Crippen molar-refractivity contribution in [3.63, 3.8) is 0 Å². The molecule has 0 aliphatic rings. The van der Waals surface area contributed by atoms with Crippen LogP contribution >= 0.6 is 11.3 Å². The number of carbonyl (C=O) groups excluding carboxylic acids is 1. The summed E-state index contributed by atoms with van der Waals surface area (Å²) < 4.78 is 5.70. The number of fused-ring (bicyclic) bond motifs is 1. The number of Topliss-reactive ketones (excluding diaryl/α,β-unsaturated/α-hetero) is 1. The number of hydrogen-bond acceptors (Lipinski definition) is 3. The topological polar surface area (TPSA) is 26.3 Å². The maximum atomic E-state index is 12.1. The lowest BCUT2D eigenvalue weighted by Crippen LogP contribution is -2.10. The number of rotatable bonds is 4. The molecular formula is C17H14O2S. The monoisotopic (exact) mass is 282 g/mol. The van der Waals surface area contributed by atoms with E-state index in [1.54, 1.807) is 0 Å². The predicted molar refractivity (Wildman–Crippen MR) is 82.8 cm³/mol. The first-order chi connectivity index (χ1) is 9.74. The average molecular weight is 282 g/mol. The van der Waals surface area contributed by atoms with E-state index >= 15 is 0 Å². The van der Waals surface area contributed by atoms with Gasteiger partial charge in [-0.25, -0.2) is 0 Å². The van der Waals surface area contributed by atoms with Crippen molar-refractivity contribution in [2.45, 2.75) is 6.92 Å². The highest BCUT2D eigenvalue weighted by molar-refractivity contribution is 7.14. The molecular weight excluding hydrogens is 268 g/mol. The smallest absolute Gasteiger partial charge is 0.210 e. The summed E-state index contributed by atoms with van der Waals surface area (Å²) in [6.07, 6.45) is 0. The van der Waals surface area contributed by atoms with Crippen molar-refractivity contribution in [2.75, 3.05) is 6.61 Å². The maximum Gasteiger partial charge on any atom is 0.210 e. The highest BCUT2D eigenvalue weighted by Crippen LogP contribution is 2.25. The molecule has 0 aliphatic carbocycles. The maximum absolute atomic E-state index is 12.1. The van der Waals surface area contributed by atoms with Gasteiger partial charge in [0.25, 0.3) is 0 Å². The first-order valence-corrected chi connectivity index (χ1v) is 7.26. The second-order valence-corrected chi connectivity index (χ2v) is 5.89. The van der Waals surface area contributed by atoms with Crippen molar-refractivity contribution in [1.82, 2.24) is 0 Å². The van der Waals surface area contributed by atoms with Crippen molar-refractivity contribution in [3.8, 4) is 5.75 Å². The van der Waals surface area contributed by atoms with E-state index in [-0.39, 0.29) is 12.4 Å². The fourth-order valence-corrected chi connectivity index (χ4v) is 2.91. The summed E-state index contributed by atoms with van der Waals surface area (Å²) in [4.78, 5) is 13.9. The van der Waals surface area contributed by atoms with Gasteiger partial charge in [-0.15, -0.1) is 11.3 Å². The number of benzene rings is 2. The Hall–Kier alpha value is -2.13. The minimum atomic E-state index is 0.0241. The number of thiophene rings is 1. The van der Waals surface area contributed by atoms with Gasteiger partial charge in [-0.3, -0.25) is 4.79 Å². The molecule has 3 rings (SSSR count). The Bertz CT molecular complexity index is 753. The van der Waals surface area contributed by atoms with Crippen LogP contribution in [0.3, 0.4) is 0 Å². The third-order valence-electron chi connectivity index (χ3n) is 3.12. The van der Waals surface area contributed by atoms with Crippen molar-refractivity contribution >= 4 is 27.9 Å². The average Bonchev–Trinajstić information content (AvgIpc) is 2.91. The van der Waals surface area contributed by atoms with Crippen molar-refractivity contribution in [2.24, 2.45) is 0 Å². The van der Waals surface area contributed by atoms with Gasteiger partial charge in [0.05, 0.1) is 4.88 Å². The summed E-state index contributed by atoms with van der Waals surface area (Å²) in [6.45, 7) is 2.07. The minimum Gasteiger partial charge on any atom is -0.485 e. The van der Waals surface area contributed by atoms with Crippen LogP contribution in [0.2, 0.25) is 0 Å². The Morgan fingerprint density at radius 3 is 2.65 bits per heavy atom. The summed E-state index contributed by atoms with van der Waals surface area (Å²) in [6, 6.07) is 17.7. The first kappa shape index (κ1) is 12.9. The van der Waals surface area contributed by atoms with Crippen LogP contribution in [-0.4, -0.2) is 12.4 Å². The number of ketones is 1. The zero-order valence-electron chi connectivity index (χ0n) is 11.1. The van der Waals surface area contributed by atoms with Gasteiger partial charge in [0.15, 0.2) is 6.61 Å². The largest absolute Gasteiger partial charge is 0.485 e. The second-order valence-electron chi connectivity index (χ2n) is 4.60. The van der Waals surface area contributed by atoms with Crippen molar-refractivity contribution in [3.05, 3.63) is 64.4 Å². The van der Waals surface area contributed by atoms with Crippen LogP contribution in [0.25, 0.3) is 10.8 Å². The molecule has 0 atom stereocenters. The molecule has 2 aromatic carbocycles. The van der Waals surface area contributed by atoms with Crippen LogP contribution in [-0.2, 0) is 0 Å². The van der Waals surface area contributed by atoms with Crippen LogP contribution in [0.1, 0.15) is 14.5 Å². The minimum absolute atomic E-state index is 0.0241. The molecule has 0 N–H and O–H groups in total. The molecule has 0 aliphatic heterocycles. The van der Waals surface area contributed by atoms with E-state index in [1.165, 1.54) is 11.3 Å². The van der Waals surface area contributed by atoms with E-state index < -0.39 is 0 Å². The highest BCUT2D eigenvalue weighted by Gasteiger charge is 2.10. The molecule has 0 fully saturated rings. The van der Waals surface area contributed by atoms with Crippen LogP contribution in [0.4, 0.5) is 0 Å². The van der Waals surface area contributed by atoms with E-state index in [1.807, 2.05) is 61.5 Å². The Morgan fingerprint density at radius 1 is 1.05 bits per heavy atom. The SMILES string of the molecule is Cc1ccc(C(=O)COc2cccc3ccccc23)s1. The van der Waals surface area contributed by atoms with Crippen molar-refractivity contribution < 1.29 is 9.53 Å². The van der Waals surface area contributed by atoms with Gasteiger partial charge in [-0.1, -0.05) is 36.4 Å². The molecule has 0 saturated heterocycles. The Kier molecular flexibility index (Phi) is 3.52. The van der Waals surface area contributed by atoms with Gasteiger partial charge in [-0.05, 0) is 30.5 Å². The molecule has 100 valence electrons. The Balaban J connectivity index is 1.79. The van der Waals surface area contributed by atoms with Gasteiger partial charge >= 0.3 is 0 Å². The quantitative estimate of drug-likeness (QED) is 0.660. The lowest BCUT2D eigenvalue weighted by molar-refractivity contribution is 0.0926. The van der Waals surface area contributed by atoms with Crippen LogP contribution in [0, 0.1) is 6.92 Å². The molecule has 0 bridgehead atoms. The number of carbonyl (C=O) groups is 1. The van der Waals surface area contributed by atoms with Gasteiger partial charge < -0.3 is 4.74 Å². The summed E-state index contributed by atoms with van der Waals surface area (Å²) >= 11 is 1.51. The van der Waals surface area contributed by atoms with Crippen LogP contribution < -0.4 is 4.74 Å². The van der Waals surface area contributed by atoms with E-state index in [0.717, 1.165) is 26.3 Å².